The predicted octanol–water partition coefficient (Wildman–Crippen LogP) is 7.01. The first-order valence-electron chi connectivity index (χ1n) is 13.7. The van der Waals surface area contributed by atoms with Gasteiger partial charge >= 0.3 is 5.97 Å². The fraction of sp³-hybridized carbons (Fsp3) is 0.219. The second-order valence-electron chi connectivity index (χ2n) is 9.58. The molecule has 8 nitrogen and oxygen atoms in total. The highest BCUT2D eigenvalue weighted by Gasteiger charge is 2.31. The van der Waals surface area contributed by atoms with E-state index in [0.717, 1.165) is 11.3 Å². The number of carbonyl (C=O) groups is 1. The topological polar surface area (TPSA) is 88.4 Å². The lowest BCUT2D eigenvalue weighted by Crippen LogP contribution is -2.39. The molecule has 0 unspecified atom stereocenters. The normalized spacial score (nSPS) is 14.3. The molecule has 0 N–H and O–H groups in total. The van der Waals surface area contributed by atoms with E-state index in [2.05, 4.69) is 4.99 Å². The molecule has 0 saturated heterocycles. The van der Waals surface area contributed by atoms with Gasteiger partial charge < -0.3 is 18.9 Å². The van der Waals surface area contributed by atoms with Crippen LogP contribution in [-0.2, 0) is 16.1 Å². The van der Waals surface area contributed by atoms with Gasteiger partial charge in [-0.1, -0.05) is 69.9 Å². The minimum atomic E-state index is -0.851. The van der Waals surface area contributed by atoms with Gasteiger partial charge in [-0.2, -0.15) is 0 Å². The first-order chi connectivity index (χ1) is 21.6. The highest BCUT2D eigenvalue weighted by atomic mass is 35.5. The highest BCUT2D eigenvalue weighted by Crippen LogP contribution is 2.36. The molecule has 1 aromatic heterocycles. The summed E-state index contributed by atoms with van der Waals surface area (Å²) in [5, 5.41) is 1.53. The van der Waals surface area contributed by atoms with Gasteiger partial charge in [0.05, 0.1) is 41.5 Å². The number of carbonyl (C=O) groups excluding carboxylic acids is 1. The van der Waals surface area contributed by atoms with Crippen molar-refractivity contribution in [2.24, 2.45) is 4.99 Å². The van der Waals surface area contributed by atoms with Crippen LogP contribution in [0.3, 0.4) is 0 Å². The van der Waals surface area contributed by atoms with Crippen molar-refractivity contribution in [1.29, 1.82) is 0 Å². The van der Waals surface area contributed by atoms with E-state index in [1.807, 2.05) is 13.8 Å². The summed E-state index contributed by atoms with van der Waals surface area (Å²) >= 11 is 26.4. The van der Waals surface area contributed by atoms with Gasteiger partial charge in [-0.25, -0.2) is 9.79 Å². The van der Waals surface area contributed by atoms with Crippen molar-refractivity contribution in [3.8, 4) is 17.2 Å². The Morgan fingerprint density at radius 3 is 2.38 bits per heavy atom. The molecule has 1 aliphatic heterocycles. The van der Waals surface area contributed by atoms with Gasteiger partial charge in [0.1, 0.15) is 12.4 Å². The highest BCUT2D eigenvalue weighted by molar-refractivity contribution is 7.07. The van der Waals surface area contributed by atoms with Crippen LogP contribution in [-0.4, -0.2) is 30.9 Å². The van der Waals surface area contributed by atoms with Crippen LogP contribution in [0, 0.1) is 0 Å². The Hall–Kier alpha value is -3.47. The van der Waals surface area contributed by atoms with Crippen molar-refractivity contribution >= 4 is 69.8 Å². The van der Waals surface area contributed by atoms with Crippen LogP contribution >= 0.6 is 57.7 Å². The first-order valence-corrected chi connectivity index (χ1v) is 16.0. The first kappa shape index (κ1) is 32.9. The minimum absolute atomic E-state index is 0.0852. The molecule has 1 atom stereocenters. The molecular weight excluding hydrogens is 682 g/mol. The number of halogens is 4. The maximum atomic E-state index is 14.1. The molecule has 234 valence electrons. The number of methoxy groups -OCH3 is 1. The van der Waals surface area contributed by atoms with E-state index in [0.29, 0.717) is 71.6 Å². The molecule has 13 heteroatoms. The summed E-state index contributed by atoms with van der Waals surface area (Å²) in [6, 6.07) is 12.7. The van der Waals surface area contributed by atoms with E-state index in [9.17, 15) is 9.59 Å². The summed E-state index contributed by atoms with van der Waals surface area (Å²) in [6.45, 7) is 4.64. The minimum Gasteiger partial charge on any atom is -0.490 e. The SMILES string of the molecule is CCOc1ccc([C@@H]2C(C(=O)OC)=CN=c3s/c(=C/c4cc(Cl)cc(Cl)c4OCc4ccc(Cl)cc4Cl)c(=O)n32)cc1OCC. The molecule has 0 aliphatic carbocycles. The number of ether oxygens (including phenoxy) is 4. The van der Waals surface area contributed by atoms with E-state index in [-0.39, 0.29) is 17.2 Å². The quantitative estimate of drug-likeness (QED) is 0.165. The monoisotopic (exact) mass is 706 g/mol. The molecule has 0 radical (unpaired) electrons. The van der Waals surface area contributed by atoms with Gasteiger partial charge in [0, 0.05) is 32.4 Å². The van der Waals surface area contributed by atoms with Gasteiger partial charge in [0.25, 0.3) is 5.56 Å². The average molecular weight is 708 g/mol. The van der Waals surface area contributed by atoms with Crippen molar-refractivity contribution in [3.63, 3.8) is 0 Å². The van der Waals surface area contributed by atoms with Crippen molar-refractivity contribution in [2.45, 2.75) is 26.5 Å². The number of rotatable bonds is 10. The Balaban J connectivity index is 1.62. The molecule has 0 amide bonds. The third kappa shape index (κ3) is 7.03. The van der Waals surface area contributed by atoms with Crippen LogP contribution in [0.2, 0.25) is 20.1 Å². The second kappa shape index (κ2) is 14.3. The van der Waals surface area contributed by atoms with E-state index in [4.69, 9.17) is 65.4 Å². The van der Waals surface area contributed by atoms with Gasteiger partial charge in [-0.3, -0.25) is 9.36 Å². The Kier molecular flexibility index (Phi) is 10.5. The molecule has 1 aliphatic rings. The number of esters is 1. The van der Waals surface area contributed by atoms with Crippen LogP contribution in [0.15, 0.2) is 70.1 Å². The van der Waals surface area contributed by atoms with Crippen molar-refractivity contribution in [3.05, 3.63) is 117 Å². The third-order valence-electron chi connectivity index (χ3n) is 6.72. The maximum Gasteiger partial charge on any atom is 0.337 e. The van der Waals surface area contributed by atoms with Crippen LogP contribution in [0.1, 0.15) is 36.6 Å². The maximum absolute atomic E-state index is 14.1. The fourth-order valence-corrected chi connectivity index (χ4v) is 6.74. The predicted molar refractivity (Wildman–Crippen MR) is 177 cm³/mol. The van der Waals surface area contributed by atoms with Crippen LogP contribution in [0.5, 0.6) is 17.2 Å². The van der Waals surface area contributed by atoms with Gasteiger partial charge in [-0.15, -0.1) is 0 Å². The van der Waals surface area contributed by atoms with E-state index < -0.39 is 17.6 Å². The number of fused-ring (bicyclic) bond motifs is 1. The number of benzene rings is 3. The zero-order valence-electron chi connectivity index (χ0n) is 24.2. The number of hydrogen-bond acceptors (Lipinski definition) is 8. The Labute approximate surface area is 282 Å². The molecule has 0 bridgehead atoms. The molecule has 0 saturated carbocycles. The molecule has 5 rings (SSSR count). The molecular formula is C32H26Cl4N2O6S. The third-order valence-corrected chi connectivity index (χ3v) is 8.80. The molecule has 45 heavy (non-hydrogen) atoms. The van der Waals surface area contributed by atoms with Crippen LogP contribution < -0.4 is 29.1 Å². The van der Waals surface area contributed by atoms with Crippen LogP contribution in [0.25, 0.3) is 6.08 Å². The summed E-state index contributed by atoms with van der Waals surface area (Å²) < 4.78 is 24.4. The molecule has 4 aromatic rings. The number of nitrogens with zero attached hydrogens (tertiary/aromatic N) is 2. The number of thiazole rings is 1. The zero-order chi connectivity index (χ0) is 32.2. The molecule has 3 aromatic carbocycles. The smallest absolute Gasteiger partial charge is 0.337 e. The zero-order valence-corrected chi connectivity index (χ0v) is 28.1. The Morgan fingerprint density at radius 2 is 1.67 bits per heavy atom. The lowest BCUT2D eigenvalue weighted by Gasteiger charge is -2.23. The fourth-order valence-electron chi connectivity index (χ4n) is 4.76. The van der Waals surface area contributed by atoms with Crippen molar-refractivity contribution < 1.29 is 23.7 Å². The van der Waals surface area contributed by atoms with Gasteiger partial charge in [0.15, 0.2) is 16.3 Å². The Bertz CT molecular complexity index is 1990. The number of hydrogen-bond donors (Lipinski definition) is 0. The molecule has 0 spiro atoms. The summed E-state index contributed by atoms with van der Waals surface area (Å²) in [4.78, 5) is 31.8. The van der Waals surface area contributed by atoms with Crippen LogP contribution in [0.4, 0.5) is 0 Å². The van der Waals surface area contributed by atoms with Gasteiger partial charge in [0.2, 0.25) is 0 Å². The lowest BCUT2D eigenvalue weighted by molar-refractivity contribution is -0.136. The summed E-state index contributed by atoms with van der Waals surface area (Å²) in [6.07, 6.45) is 3.05. The largest absolute Gasteiger partial charge is 0.490 e. The average Bonchev–Trinajstić information content (AvgIpc) is 3.32. The standard InChI is InChI=1S/C32H26Cl4N2O6S/c1-4-42-25-9-7-17(11-26(25)43-5-2)28-22(31(40)41-3)15-37-32-38(28)30(39)27(45-32)12-19-10-21(34)14-24(36)29(19)44-16-18-6-8-20(33)13-23(18)35/h6-15,28H,4-5,16H2,1-3H3/b27-12+/t28-/m1/s1. The summed E-state index contributed by atoms with van der Waals surface area (Å²) in [5.74, 6) is 0.710. The van der Waals surface area contributed by atoms with E-state index in [1.54, 1.807) is 54.6 Å². The second-order valence-corrected chi connectivity index (χ2v) is 12.3. The lowest BCUT2D eigenvalue weighted by atomic mass is 9.97. The summed E-state index contributed by atoms with van der Waals surface area (Å²) in [7, 11) is 1.27. The molecule has 0 fully saturated rings. The van der Waals surface area contributed by atoms with Crippen molar-refractivity contribution in [2.75, 3.05) is 20.3 Å². The van der Waals surface area contributed by atoms with Gasteiger partial charge in [-0.05, 0) is 61.9 Å². The number of aromatic nitrogens is 1. The van der Waals surface area contributed by atoms with Crippen molar-refractivity contribution in [1.82, 2.24) is 4.57 Å². The molecule has 2 heterocycles. The van der Waals surface area contributed by atoms with E-state index >= 15 is 0 Å². The van der Waals surface area contributed by atoms with E-state index in [1.165, 1.54) is 17.9 Å². The summed E-state index contributed by atoms with van der Waals surface area (Å²) in [5.41, 5.74) is 1.54. The Morgan fingerprint density at radius 1 is 0.933 bits per heavy atom.